The lowest BCUT2D eigenvalue weighted by Gasteiger charge is -2.48. The van der Waals surface area contributed by atoms with Crippen LogP contribution in [-0.4, -0.2) is 37.1 Å². The number of benzene rings is 1. The summed E-state index contributed by atoms with van der Waals surface area (Å²) in [5.41, 5.74) is 4.56. The summed E-state index contributed by atoms with van der Waals surface area (Å²) in [6.07, 6.45) is 4.43. The molecule has 120 valence electrons. The second kappa shape index (κ2) is 4.60. The van der Waals surface area contributed by atoms with Crippen molar-refractivity contribution in [3.8, 4) is 0 Å². The number of para-hydroxylation sites is 1. The molecular weight excluding hydrogens is 288 g/mol. The molecule has 4 nitrogen and oxygen atoms in total. The van der Waals surface area contributed by atoms with Gasteiger partial charge in [0, 0.05) is 17.4 Å². The molecule has 4 heteroatoms. The number of anilines is 1. The molecule has 0 unspecified atom stereocenters. The van der Waals surface area contributed by atoms with E-state index in [1.165, 1.54) is 37.7 Å². The van der Waals surface area contributed by atoms with Crippen molar-refractivity contribution in [1.82, 2.24) is 4.90 Å². The van der Waals surface area contributed by atoms with Gasteiger partial charge in [-0.2, -0.15) is 0 Å². The second-order valence-corrected chi connectivity index (χ2v) is 7.32. The monoisotopic (exact) mass is 310 g/mol. The van der Waals surface area contributed by atoms with E-state index in [2.05, 4.69) is 34.5 Å². The number of hydrogen-bond acceptors (Lipinski definition) is 4. The number of carbonyl (C=O) groups excluding carboxylic acids is 1. The van der Waals surface area contributed by atoms with Crippen LogP contribution in [0.5, 0.6) is 0 Å². The summed E-state index contributed by atoms with van der Waals surface area (Å²) >= 11 is 0. The van der Waals surface area contributed by atoms with Crippen molar-refractivity contribution >= 4 is 11.7 Å². The molecule has 1 aromatic rings. The van der Waals surface area contributed by atoms with Crippen molar-refractivity contribution in [2.75, 3.05) is 25.5 Å². The number of hydrogen-bond donors (Lipinski definition) is 1. The third-order valence-electron chi connectivity index (χ3n) is 6.47. The Balaban J connectivity index is 1.77. The number of piperidine rings is 1. The van der Waals surface area contributed by atoms with E-state index >= 15 is 0 Å². The van der Waals surface area contributed by atoms with Crippen LogP contribution in [0.25, 0.3) is 0 Å². The number of methoxy groups -OCH3 is 1. The first-order valence-electron chi connectivity index (χ1n) is 8.68. The Labute approximate surface area is 136 Å². The minimum Gasteiger partial charge on any atom is -0.466 e. The van der Waals surface area contributed by atoms with Gasteiger partial charge in [-0.3, -0.25) is 4.90 Å². The second-order valence-electron chi connectivity index (χ2n) is 7.32. The molecule has 5 rings (SSSR count). The topological polar surface area (TPSA) is 41.6 Å². The summed E-state index contributed by atoms with van der Waals surface area (Å²) in [6.45, 7) is 2.33. The predicted molar refractivity (Wildman–Crippen MR) is 88.1 cm³/mol. The Kier molecular flexibility index (Phi) is 2.72. The van der Waals surface area contributed by atoms with Crippen LogP contribution in [0.1, 0.15) is 31.2 Å². The first kappa shape index (κ1) is 13.6. The third-order valence-corrected chi connectivity index (χ3v) is 6.47. The van der Waals surface area contributed by atoms with E-state index in [9.17, 15) is 4.79 Å². The minimum atomic E-state index is -0.151. The zero-order valence-electron chi connectivity index (χ0n) is 13.5. The number of esters is 1. The van der Waals surface area contributed by atoms with E-state index in [1.807, 2.05) is 0 Å². The molecule has 1 aromatic carbocycles. The lowest BCUT2D eigenvalue weighted by atomic mass is 9.62. The van der Waals surface area contributed by atoms with Crippen molar-refractivity contribution in [2.24, 2.45) is 5.92 Å². The van der Waals surface area contributed by atoms with E-state index in [0.29, 0.717) is 12.0 Å². The van der Waals surface area contributed by atoms with Gasteiger partial charge in [0.15, 0.2) is 0 Å². The molecule has 23 heavy (non-hydrogen) atoms. The first-order valence-corrected chi connectivity index (χ1v) is 8.68. The van der Waals surface area contributed by atoms with Crippen molar-refractivity contribution in [1.29, 1.82) is 0 Å². The van der Waals surface area contributed by atoms with Crippen molar-refractivity contribution in [3.63, 3.8) is 0 Å². The van der Waals surface area contributed by atoms with Gasteiger partial charge >= 0.3 is 5.97 Å². The molecule has 1 spiro atoms. The fraction of sp³-hybridized carbons (Fsp3) is 0.526. The van der Waals surface area contributed by atoms with E-state index in [1.54, 1.807) is 0 Å². The van der Waals surface area contributed by atoms with Gasteiger partial charge in [-0.15, -0.1) is 0 Å². The Hall–Kier alpha value is -1.81. The van der Waals surface area contributed by atoms with Gasteiger partial charge in [-0.1, -0.05) is 18.2 Å². The highest BCUT2D eigenvalue weighted by Gasteiger charge is 2.61. The van der Waals surface area contributed by atoms with Crippen LogP contribution in [0.15, 0.2) is 35.5 Å². The number of carbonyl (C=O) groups is 1. The highest BCUT2D eigenvalue weighted by molar-refractivity contribution is 5.93. The van der Waals surface area contributed by atoms with E-state index in [4.69, 9.17) is 4.74 Å². The molecule has 3 atom stereocenters. The van der Waals surface area contributed by atoms with Crippen LogP contribution in [0.2, 0.25) is 0 Å². The highest BCUT2D eigenvalue weighted by Crippen LogP contribution is 2.60. The Morgan fingerprint density at radius 1 is 1.35 bits per heavy atom. The molecule has 1 N–H and O–H groups in total. The van der Waals surface area contributed by atoms with Crippen LogP contribution in [-0.2, 0) is 14.9 Å². The number of nitrogens with zero attached hydrogens (tertiary/aromatic N) is 1. The molecule has 3 heterocycles. The lowest BCUT2D eigenvalue weighted by molar-refractivity contribution is -0.136. The summed E-state index contributed by atoms with van der Waals surface area (Å²) < 4.78 is 5.13. The van der Waals surface area contributed by atoms with Gasteiger partial charge in [0.1, 0.15) is 0 Å². The number of rotatable bonds is 1. The minimum absolute atomic E-state index is 0.0244. The van der Waals surface area contributed by atoms with Gasteiger partial charge in [0.2, 0.25) is 0 Å². The van der Waals surface area contributed by atoms with Gasteiger partial charge in [-0.05, 0) is 56.3 Å². The molecule has 3 aliphatic heterocycles. The smallest absolute Gasteiger partial charge is 0.335 e. The van der Waals surface area contributed by atoms with Crippen molar-refractivity contribution in [3.05, 3.63) is 41.1 Å². The zero-order chi connectivity index (χ0) is 15.6. The van der Waals surface area contributed by atoms with Crippen LogP contribution >= 0.6 is 0 Å². The molecule has 0 bridgehead atoms. The van der Waals surface area contributed by atoms with Crippen molar-refractivity contribution < 1.29 is 9.53 Å². The number of nitrogens with one attached hydrogen (secondary N) is 1. The van der Waals surface area contributed by atoms with Gasteiger partial charge < -0.3 is 10.1 Å². The fourth-order valence-corrected chi connectivity index (χ4v) is 5.74. The van der Waals surface area contributed by atoms with Gasteiger partial charge in [-0.25, -0.2) is 4.79 Å². The summed E-state index contributed by atoms with van der Waals surface area (Å²) in [5.74, 6) is 0.416. The summed E-state index contributed by atoms with van der Waals surface area (Å²) in [7, 11) is 1.50. The maximum Gasteiger partial charge on any atom is 0.335 e. The summed E-state index contributed by atoms with van der Waals surface area (Å²) in [4.78, 5) is 15.1. The first-order chi connectivity index (χ1) is 11.3. The Morgan fingerprint density at radius 3 is 3.09 bits per heavy atom. The van der Waals surface area contributed by atoms with Gasteiger partial charge in [0.05, 0.1) is 18.1 Å². The highest BCUT2D eigenvalue weighted by atomic mass is 16.5. The average molecular weight is 310 g/mol. The lowest BCUT2D eigenvalue weighted by Crippen LogP contribution is -2.53. The van der Waals surface area contributed by atoms with E-state index < -0.39 is 0 Å². The third kappa shape index (κ3) is 1.57. The summed E-state index contributed by atoms with van der Waals surface area (Å²) in [5, 5.41) is 3.61. The maximum absolute atomic E-state index is 12.5. The molecule has 2 fully saturated rings. The van der Waals surface area contributed by atoms with Gasteiger partial charge in [0.25, 0.3) is 0 Å². The molecule has 0 radical (unpaired) electrons. The number of fused-ring (bicyclic) bond motifs is 1. The van der Waals surface area contributed by atoms with Crippen LogP contribution in [0.4, 0.5) is 5.69 Å². The molecule has 4 aliphatic rings. The molecular formula is C19H22N2O2. The maximum atomic E-state index is 12.5. The largest absolute Gasteiger partial charge is 0.466 e. The molecule has 2 saturated heterocycles. The predicted octanol–water partition coefficient (Wildman–Crippen LogP) is 2.67. The standard InChI is InChI=1S/C19H22N2O2/c1-23-18(22)13-11-12-5-4-9-21-10-8-19(17(12)21)14-6-2-3-7-15(14)20-16(13)19/h2-3,6-7,12,17,20H,4-5,8-11H2,1H3/t12-,17+,19+/m1/s1. The quantitative estimate of drug-likeness (QED) is 0.810. The fourth-order valence-electron chi connectivity index (χ4n) is 5.74. The Morgan fingerprint density at radius 2 is 2.22 bits per heavy atom. The molecule has 0 amide bonds. The molecule has 1 aliphatic carbocycles. The summed E-state index contributed by atoms with van der Waals surface area (Å²) in [6, 6.07) is 9.14. The van der Waals surface area contributed by atoms with Crippen molar-refractivity contribution in [2.45, 2.75) is 37.1 Å². The normalized spacial score (nSPS) is 34.5. The van der Waals surface area contributed by atoms with Crippen LogP contribution < -0.4 is 5.32 Å². The Bertz CT molecular complexity index is 726. The SMILES string of the molecule is COC(=O)C1=C2Nc3ccccc3[C@@]23CCN2CCC[C@H](C1)[C@H]23. The number of ether oxygens (including phenoxy) is 1. The molecule has 0 saturated carbocycles. The van der Waals surface area contributed by atoms with Crippen LogP contribution in [0, 0.1) is 5.92 Å². The van der Waals surface area contributed by atoms with Crippen LogP contribution in [0.3, 0.4) is 0 Å². The van der Waals surface area contributed by atoms with E-state index in [0.717, 1.165) is 30.7 Å². The van der Waals surface area contributed by atoms with E-state index in [-0.39, 0.29) is 11.4 Å². The average Bonchev–Trinajstić information content (AvgIpc) is 3.14. The molecule has 0 aromatic heterocycles. The zero-order valence-corrected chi connectivity index (χ0v) is 13.5.